The van der Waals surface area contributed by atoms with E-state index in [1.54, 1.807) is 27.7 Å². The van der Waals surface area contributed by atoms with Gasteiger partial charge in [0.05, 0.1) is 11.0 Å². The lowest BCUT2D eigenvalue weighted by molar-refractivity contribution is -0.151. The van der Waals surface area contributed by atoms with Gasteiger partial charge in [0.2, 0.25) is 5.91 Å². The molecular weight excluding hydrogens is 268 g/mol. The van der Waals surface area contributed by atoms with E-state index in [1.165, 1.54) is 0 Å². The highest BCUT2D eigenvalue weighted by molar-refractivity contribution is 5.88. The molecule has 0 saturated heterocycles. The number of nitrogens with one attached hydrogen (secondary N) is 2. The molecule has 5 nitrogen and oxygen atoms in total. The van der Waals surface area contributed by atoms with E-state index in [1.807, 2.05) is 24.3 Å². The number of hydrogen-bond acceptors (Lipinski definition) is 3. The predicted octanol–water partition coefficient (Wildman–Crippen LogP) is 2.03. The van der Waals surface area contributed by atoms with Gasteiger partial charge < -0.3 is 15.7 Å². The Kier molecular flexibility index (Phi) is 3.70. The molecule has 21 heavy (non-hydrogen) atoms. The van der Waals surface area contributed by atoms with Crippen LogP contribution in [-0.4, -0.2) is 28.6 Å². The third-order valence-electron chi connectivity index (χ3n) is 4.62. The van der Waals surface area contributed by atoms with Crippen LogP contribution in [0.1, 0.15) is 33.3 Å². The lowest BCUT2D eigenvalue weighted by Gasteiger charge is -2.39. The van der Waals surface area contributed by atoms with Gasteiger partial charge >= 0.3 is 5.97 Å². The number of hydrogen-bond donors (Lipinski definition) is 3. The van der Waals surface area contributed by atoms with E-state index in [4.69, 9.17) is 0 Å². The molecule has 1 aromatic rings. The van der Waals surface area contributed by atoms with Crippen LogP contribution in [0.15, 0.2) is 24.3 Å². The van der Waals surface area contributed by atoms with Crippen LogP contribution in [0.25, 0.3) is 0 Å². The molecule has 0 saturated carbocycles. The van der Waals surface area contributed by atoms with Crippen molar-refractivity contribution in [3.05, 3.63) is 29.8 Å². The minimum absolute atomic E-state index is 0.175. The minimum atomic E-state index is -1.06. The van der Waals surface area contributed by atoms with Crippen LogP contribution in [0.4, 0.5) is 5.69 Å². The molecule has 1 unspecified atom stereocenters. The Morgan fingerprint density at radius 2 is 1.86 bits per heavy atom. The Balaban J connectivity index is 2.08. The molecule has 5 heteroatoms. The third kappa shape index (κ3) is 2.73. The summed E-state index contributed by atoms with van der Waals surface area (Å²) in [6.45, 7) is 6.71. The summed E-state index contributed by atoms with van der Waals surface area (Å²) in [6, 6.07) is 7.44. The summed E-state index contributed by atoms with van der Waals surface area (Å²) >= 11 is 0. The number of fused-ring (bicyclic) bond motifs is 1. The number of benzene rings is 1. The number of carboxylic acid groups (broad SMARTS) is 1. The van der Waals surface area contributed by atoms with Crippen LogP contribution in [0.5, 0.6) is 0 Å². The minimum Gasteiger partial charge on any atom is -0.481 e. The maximum absolute atomic E-state index is 12.4. The van der Waals surface area contributed by atoms with Gasteiger partial charge in [0, 0.05) is 12.1 Å². The summed E-state index contributed by atoms with van der Waals surface area (Å²) in [5.41, 5.74) is 0.154. The molecule has 0 aliphatic carbocycles. The van der Waals surface area contributed by atoms with Gasteiger partial charge in [0.1, 0.15) is 6.04 Å². The van der Waals surface area contributed by atoms with E-state index in [-0.39, 0.29) is 11.9 Å². The number of rotatable bonds is 4. The highest BCUT2D eigenvalue weighted by Gasteiger charge is 2.45. The van der Waals surface area contributed by atoms with Crippen LogP contribution in [0.2, 0.25) is 0 Å². The van der Waals surface area contributed by atoms with Gasteiger partial charge in [-0.3, -0.25) is 9.59 Å². The molecule has 1 atom stereocenters. The van der Waals surface area contributed by atoms with Crippen molar-refractivity contribution < 1.29 is 14.7 Å². The zero-order chi connectivity index (χ0) is 15.8. The second-order valence-electron chi connectivity index (χ2n) is 6.60. The van der Waals surface area contributed by atoms with Crippen LogP contribution < -0.4 is 10.6 Å². The maximum Gasteiger partial charge on any atom is 0.311 e. The number of carbonyl (C=O) groups excluding carboxylic acids is 1. The smallest absolute Gasteiger partial charge is 0.311 e. The first-order chi connectivity index (χ1) is 9.65. The molecule has 0 fully saturated rings. The van der Waals surface area contributed by atoms with Gasteiger partial charge in [0.25, 0.3) is 0 Å². The molecule has 1 heterocycles. The fourth-order valence-electron chi connectivity index (χ4n) is 2.27. The summed E-state index contributed by atoms with van der Waals surface area (Å²) in [4.78, 5) is 23.8. The van der Waals surface area contributed by atoms with Crippen molar-refractivity contribution >= 4 is 17.6 Å². The van der Waals surface area contributed by atoms with E-state index < -0.39 is 16.9 Å². The fourth-order valence-corrected chi connectivity index (χ4v) is 2.27. The highest BCUT2D eigenvalue weighted by Crippen LogP contribution is 2.32. The normalized spacial score (nSPS) is 17.8. The highest BCUT2D eigenvalue weighted by atomic mass is 16.4. The van der Waals surface area contributed by atoms with E-state index >= 15 is 0 Å². The number of amides is 1. The summed E-state index contributed by atoms with van der Waals surface area (Å²) in [5, 5.41) is 15.4. The number of anilines is 1. The first kappa shape index (κ1) is 15.4. The van der Waals surface area contributed by atoms with E-state index in [2.05, 4.69) is 10.6 Å². The molecule has 0 bridgehead atoms. The molecule has 0 aromatic heterocycles. The van der Waals surface area contributed by atoms with Crippen molar-refractivity contribution in [3.63, 3.8) is 0 Å². The molecule has 1 aromatic carbocycles. The Hall–Kier alpha value is -2.04. The van der Waals surface area contributed by atoms with Crippen LogP contribution in [0.3, 0.4) is 0 Å². The molecule has 1 aliphatic heterocycles. The van der Waals surface area contributed by atoms with Crippen LogP contribution in [-0.2, 0) is 16.0 Å². The summed E-state index contributed by atoms with van der Waals surface area (Å²) in [5.74, 6) is -1.11. The Morgan fingerprint density at radius 3 is 2.43 bits per heavy atom. The zero-order valence-electron chi connectivity index (χ0n) is 12.9. The largest absolute Gasteiger partial charge is 0.481 e. The van der Waals surface area contributed by atoms with Gasteiger partial charge in [-0.25, -0.2) is 0 Å². The molecule has 0 radical (unpaired) electrons. The molecule has 0 spiro atoms. The maximum atomic E-state index is 12.4. The molecule has 2 rings (SSSR count). The Bertz CT molecular complexity index is 554. The van der Waals surface area contributed by atoms with E-state index in [9.17, 15) is 14.7 Å². The number of carbonyl (C=O) groups is 2. The quantitative estimate of drug-likeness (QED) is 0.793. The van der Waals surface area contributed by atoms with E-state index in [0.717, 1.165) is 11.3 Å². The number of carboxylic acids is 1. The molecule has 1 amide bonds. The third-order valence-corrected chi connectivity index (χ3v) is 4.62. The second-order valence-corrected chi connectivity index (χ2v) is 6.60. The molecule has 114 valence electrons. The van der Waals surface area contributed by atoms with Gasteiger partial charge in [-0.05, 0) is 39.3 Å². The molecule has 3 N–H and O–H groups in total. The summed E-state index contributed by atoms with van der Waals surface area (Å²) in [6.07, 6.45) is 0.617. The zero-order valence-corrected chi connectivity index (χ0v) is 12.9. The topological polar surface area (TPSA) is 78.4 Å². The first-order valence-corrected chi connectivity index (χ1v) is 7.05. The van der Waals surface area contributed by atoms with Crippen LogP contribution in [0, 0.1) is 5.41 Å². The van der Waals surface area contributed by atoms with Gasteiger partial charge in [-0.1, -0.05) is 18.2 Å². The SMILES string of the molecule is CC(C)(NC(=O)C1Cc2ccccc2N1)C(C)(C)C(=O)O. The van der Waals surface area contributed by atoms with Crippen molar-refractivity contribution in [1.82, 2.24) is 5.32 Å². The fraction of sp³-hybridized carbons (Fsp3) is 0.500. The average molecular weight is 290 g/mol. The van der Waals surface area contributed by atoms with Gasteiger partial charge in [-0.2, -0.15) is 0 Å². The lowest BCUT2D eigenvalue weighted by Crippen LogP contribution is -2.59. The van der Waals surface area contributed by atoms with E-state index in [0.29, 0.717) is 6.42 Å². The van der Waals surface area contributed by atoms with Crippen molar-refractivity contribution in [2.24, 2.45) is 5.41 Å². The summed E-state index contributed by atoms with van der Waals surface area (Å²) < 4.78 is 0. The monoisotopic (exact) mass is 290 g/mol. The second kappa shape index (κ2) is 5.06. The van der Waals surface area contributed by atoms with Crippen molar-refractivity contribution in [2.45, 2.75) is 45.7 Å². The number of para-hydroxylation sites is 1. The number of aliphatic carboxylic acids is 1. The molecule has 1 aliphatic rings. The van der Waals surface area contributed by atoms with Crippen molar-refractivity contribution in [3.8, 4) is 0 Å². The summed E-state index contributed by atoms with van der Waals surface area (Å²) in [7, 11) is 0. The van der Waals surface area contributed by atoms with Crippen molar-refractivity contribution in [2.75, 3.05) is 5.32 Å². The van der Waals surface area contributed by atoms with Gasteiger partial charge in [-0.15, -0.1) is 0 Å². The van der Waals surface area contributed by atoms with Crippen molar-refractivity contribution in [1.29, 1.82) is 0 Å². The lowest BCUT2D eigenvalue weighted by atomic mass is 9.74. The molecular formula is C16H22N2O3. The van der Waals surface area contributed by atoms with Crippen LogP contribution >= 0.6 is 0 Å². The predicted molar refractivity (Wildman–Crippen MR) is 81.2 cm³/mol. The first-order valence-electron chi connectivity index (χ1n) is 7.05. The Morgan fingerprint density at radius 1 is 1.24 bits per heavy atom. The average Bonchev–Trinajstić information content (AvgIpc) is 2.81. The van der Waals surface area contributed by atoms with Gasteiger partial charge in [0.15, 0.2) is 0 Å². The Labute approximate surface area is 124 Å². The standard InChI is InChI=1S/C16H22N2O3/c1-15(2,14(20)21)16(3,4)18-13(19)12-9-10-7-5-6-8-11(10)17-12/h5-8,12,17H,9H2,1-4H3,(H,18,19)(H,20,21).